The van der Waals surface area contributed by atoms with Gasteiger partial charge in [-0.2, -0.15) is 4.31 Å². The molecule has 0 spiro atoms. The van der Waals surface area contributed by atoms with Crippen LogP contribution in [0.3, 0.4) is 0 Å². The second-order valence-electron chi connectivity index (χ2n) is 7.26. The summed E-state index contributed by atoms with van der Waals surface area (Å²) in [6.45, 7) is 8.34. The maximum atomic E-state index is 13.0. The van der Waals surface area contributed by atoms with Gasteiger partial charge in [-0.05, 0) is 38.5 Å². The van der Waals surface area contributed by atoms with E-state index in [-0.39, 0.29) is 4.90 Å². The normalized spacial score (nSPS) is 15.8. The van der Waals surface area contributed by atoms with E-state index < -0.39 is 10.0 Å². The fraction of sp³-hybridized carbons (Fsp3) is 0.500. The molecule has 0 bridgehead atoms. The number of aryl methyl sites for hydroxylation is 3. The Bertz CT molecular complexity index is 1130. The van der Waals surface area contributed by atoms with Crippen molar-refractivity contribution in [1.82, 2.24) is 18.8 Å². The molecule has 10 heteroatoms. The quantitative estimate of drug-likeness (QED) is 0.510. The van der Waals surface area contributed by atoms with E-state index in [1.54, 1.807) is 12.1 Å². The Morgan fingerprint density at radius 2 is 1.93 bits per heavy atom. The standard InChI is InChI=1S/C20H26N4O4S2/c1-4-7-24-18-6-5-16(30(25,26)23-8-10-27-11-9-23)12-17(18)22-19(24)13-29-20-21-14(2)15(3)28-20/h5-6,12H,4,7-11,13H2,1-3H3. The number of aromatic nitrogens is 3. The molecule has 0 N–H and O–H groups in total. The summed E-state index contributed by atoms with van der Waals surface area (Å²) in [7, 11) is -3.55. The number of fused-ring (bicyclic) bond motifs is 1. The molecule has 3 aromatic rings. The van der Waals surface area contributed by atoms with E-state index in [0.717, 1.165) is 35.8 Å². The van der Waals surface area contributed by atoms with Gasteiger partial charge in [0.25, 0.3) is 5.22 Å². The highest BCUT2D eigenvalue weighted by atomic mass is 32.2. The topological polar surface area (TPSA) is 90.5 Å². The van der Waals surface area contributed by atoms with E-state index in [9.17, 15) is 8.42 Å². The molecule has 2 aromatic heterocycles. The zero-order valence-electron chi connectivity index (χ0n) is 17.4. The summed E-state index contributed by atoms with van der Waals surface area (Å²) in [5.41, 5.74) is 2.51. The van der Waals surface area contributed by atoms with Crippen molar-refractivity contribution in [2.45, 2.75) is 49.6 Å². The van der Waals surface area contributed by atoms with E-state index in [1.165, 1.54) is 16.1 Å². The molecule has 162 valence electrons. The highest BCUT2D eigenvalue weighted by molar-refractivity contribution is 7.98. The maximum absolute atomic E-state index is 13.0. The summed E-state index contributed by atoms with van der Waals surface area (Å²) >= 11 is 1.49. The van der Waals surface area contributed by atoms with Gasteiger partial charge in [0.05, 0.1) is 40.6 Å². The predicted octanol–water partition coefficient (Wildman–Crippen LogP) is 3.36. The van der Waals surface area contributed by atoms with Gasteiger partial charge in [0.2, 0.25) is 10.0 Å². The van der Waals surface area contributed by atoms with Crippen molar-refractivity contribution in [3.63, 3.8) is 0 Å². The zero-order valence-corrected chi connectivity index (χ0v) is 19.1. The first-order chi connectivity index (χ1) is 14.4. The lowest BCUT2D eigenvalue weighted by Gasteiger charge is -2.26. The Kier molecular flexibility index (Phi) is 6.19. The summed E-state index contributed by atoms with van der Waals surface area (Å²) in [5, 5.41) is 0.621. The lowest BCUT2D eigenvalue weighted by Crippen LogP contribution is -2.40. The Morgan fingerprint density at radius 1 is 1.17 bits per heavy atom. The van der Waals surface area contributed by atoms with Gasteiger partial charge in [-0.15, -0.1) is 0 Å². The fourth-order valence-corrected chi connectivity index (χ4v) is 5.76. The minimum absolute atomic E-state index is 0.274. The molecule has 0 unspecified atom stereocenters. The number of imidazole rings is 1. The van der Waals surface area contributed by atoms with Crippen molar-refractivity contribution < 1.29 is 17.6 Å². The number of oxazole rings is 1. The van der Waals surface area contributed by atoms with Crippen molar-refractivity contribution in [2.24, 2.45) is 0 Å². The molecular formula is C20H26N4O4S2. The smallest absolute Gasteiger partial charge is 0.256 e. The molecule has 30 heavy (non-hydrogen) atoms. The first-order valence-corrected chi connectivity index (χ1v) is 12.5. The zero-order chi connectivity index (χ0) is 21.3. The molecule has 1 saturated heterocycles. The minimum atomic E-state index is -3.55. The van der Waals surface area contributed by atoms with Crippen LogP contribution in [0.5, 0.6) is 0 Å². The Balaban J connectivity index is 1.65. The van der Waals surface area contributed by atoms with Gasteiger partial charge in [0, 0.05) is 19.6 Å². The molecule has 0 radical (unpaired) electrons. The van der Waals surface area contributed by atoms with Crippen molar-refractivity contribution in [1.29, 1.82) is 0 Å². The van der Waals surface area contributed by atoms with E-state index in [2.05, 4.69) is 16.5 Å². The molecule has 1 fully saturated rings. The maximum Gasteiger partial charge on any atom is 0.256 e. The molecule has 0 atom stereocenters. The predicted molar refractivity (Wildman–Crippen MR) is 115 cm³/mol. The molecule has 0 amide bonds. The van der Waals surface area contributed by atoms with Crippen LogP contribution >= 0.6 is 11.8 Å². The Hall–Kier alpha value is -1.88. The minimum Gasteiger partial charge on any atom is -0.437 e. The van der Waals surface area contributed by atoms with Crippen molar-refractivity contribution in [3.8, 4) is 0 Å². The molecule has 3 heterocycles. The number of thioether (sulfide) groups is 1. The molecule has 0 saturated carbocycles. The van der Waals surface area contributed by atoms with Gasteiger partial charge in [-0.25, -0.2) is 18.4 Å². The van der Waals surface area contributed by atoms with E-state index in [4.69, 9.17) is 14.1 Å². The lowest BCUT2D eigenvalue weighted by atomic mass is 10.3. The van der Waals surface area contributed by atoms with Gasteiger partial charge in [-0.1, -0.05) is 18.7 Å². The number of ether oxygens (including phenoxy) is 1. The second kappa shape index (κ2) is 8.70. The first kappa shape index (κ1) is 21.4. The summed E-state index contributed by atoms with van der Waals surface area (Å²) in [6, 6.07) is 5.22. The van der Waals surface area contributed by atoms with E-state index >= 15 is 0 Å². The first-order valence-electron chi connectivity index (χ1n) is 10.0. The molecule has 0 aliphatic carbocycles. The van der Waals surface area contributed by atoms with Gasteiger partial charge < -0.3 is 13.7 Å². The van der Waals surface area contributed by atoms with Crippen LogP contribution in [0.15, 0.2) is 32.7 Å². The van der Waals surface area contributed by atoms with Crippen LogP contribution in [0.1, 0.15) is 30.6 Å². The summed E-state index contributed by atoms with van der Waals surface area (Å²) < 4.78 is 40.6. The number of nitrogens with zero attached hydrogens (tertiary/aromatic N) is 4. The third-order valence-corrected chi connectivity index (χ3v) is 7.91. The molecule has 4 rings (SSSR count). The monoisotopic (exact) mass is 450 g/mol. The molecule has 1 aliphatic rings. The van der Waals surface area contributed by atoms with Crippen molar-refractivity contribution >= 4 is 32.8 Å². The van der Waals surface area contributed by atoms with E-state index in [1.807, 2.05) is 19.9 Å². The number of benzene rings is 1. The molecule has 1 aliphatic heterocycles. The van der Waals surface area contributed by atoms with Gasteiger partial charge in [0.1, 0.15) is 11.6 Å². The Morgan fingerprint density at radius 3 is 2.60 bits per heavy atom. The molecule has 1 aromatic carbocycles. The van der Waals surface area contributed by atoms with Crippen LogP contribution in [-0.4, -0.2) is 53.6 Å². The average Bonchev–Trinajstić information content (AvgIpc) is 3.26. The van der Waals surface area contributed by atoms with Crippen LogP contribution in [0.4, 0.5) is 0 Å². The van der Waals surface area contributed by atoms with Crippen LogP contribution in [0, 0.1) is 13.8 Å². The third-order valence-electron chi connectivity index (χ3n) is 5.19. The molecule has 8 nitrogen and oxygen atoms in total. The van der Waals surface area contributed by atoms with Gasteiger partial charge >= 0.3 is 0 Å². The van der Waals surface area contributed by atoms with Crippen molar-refractivity contribution in [3.05, 3.63) is 35.5 Å². The highest BCUT2D eigenvalue weighted by Crippen LogP contribution is 2.28. The van der Waals surface area contributed by atoms with Crippen LogP contribution in [0.2, 0.25) is 0 Å². The summed E-state index contributed by atoms with van der Waals surface area (Å²) in [4.78, 5) is 9.45. The van der Waals surface area contributed by atoms with Crippen LogP contribution in [-0.2, 0) is 27.1 Å². The molecular weight excluding hydrogens is 424 g/mol. The van der Waals surface area contributed by atoms with Crippen LogP contribution in [0.25, 0.3) is 11.0 Å². The number of rotatable bonds is 7. The number of hydrogen-bond acceptors (Lipinski definition) is 7. The SMILES string of the molecule is CCCn1c(CSc2nc(C)c(C)o2)nc2cc(S(=O)(=O)N3CCOCC3)ccc21. The number of morpholine rings is 1. The number of hydrogen-bond donors (Lipinski definition) is 0. The second-order valence-corrected chi connectivity index (χ2v) is 10.1. The van der Waals surface area contributed by atoms with Crippen molar-refractivity contribution in [2.75, 3.05) is 26.3 Å². The fourth-order valence-electron chi connectivity index (χ4n) is 3.47. The lowest BCUT2D eigenvalue weighted by molar-refractivity contribution is 0.0730. The summed E-state index contributed by atoms with van der Waals surface area (Å²) in [5.74, 6) is 2.29. The average molecular weight is 451 g/mol. The Labute approximate surface area is 180 Å². The van der Waals surface area contributed by atoms with E-state index in [0.29, 0.717) is 42.8 Å². The van der Waals surface area contributed by atoms with Gasteiger partial charge in [-0.3, -0.25) is 0 Å². The largest absolute Gasteiger partial charge is 0.437 e. The number of sulfonamides is 1. The highest BCUT2D eigenvalue weighted by Gasteiger charge is 2.27. The van der Waals surface area contributed by atoms with Crippen LogP contribution < -0.4 is 0 Å². The summed E-state index contributed by atoms with van der Waals surface area (Å²) in [6.07, 6.45) is 0.953. The van der Waals surface area contributed by atoms with Gasteiger partial charge in [0.15, 0.2) is 0 Å². The third kappa shape index (κ3) is 4.14.